The van der Waals surface area contributed by atoms with Gasteiger partial charge in [0.2, 0.25) is 0 Å². The molecule has 2 aliphatic heterocycles. The summed E-state index contributed by atoms with van der Waals surface area (Å²) in [5.41, 5.74) is 1.28. The molecule has 0 spiro atoms. The van der Waals surface area contributed by atoms with Crippen LogP contribution < -0.4 is 0 Å². The molecule has 12 atom stereocenters. The summed E-state index contributed by atoms with van der Waals surface area (Å²) < 4.78 is 24.5. The fourth-order valence-electron chi connectivity index (χ4n) is 6.61. The molecule has 3 heterocycles. The van der Waals surface area contributed by atoms with Crippen molar-refractivity contribution in [2.24, 2.45) is 23.7 Å². The number of likely N-dealkylation sites (N-methyl/N-ethyl adjacent to an activating group) is 1. The van der Waals surface area contributed by atoms with Crippen LogP contribution in [-0.2, 0) is 33.3 Å². The number of ether oxygens (including phenoxy) is 4. The minimum atomic E-state index is -1.29. The van der Waals surface area contributed by atoms with Crippen LogP contribution in [0.2, 0.25) is 0 Å². The second kappa shape index (κ2) is 20.3. The number of carbonyl (C=O) groups is 3. The highest BCUT2D eigenvalue weighted by Gasteiger charge is 2.48. The average Bonchev–Trinajstić information content (AvgIpc) is 3.10. The molecular weight excluding hydrogens is 656 g/mol. The van der Waals surface area contributed by atoms with E-state index in [0.29, 0.717) is 17.6 Å². The van der Waals surface area contributed by atoms with E-state index in [4.69, 9.17) is 18.9 Å². The van der Waals surface area contributed by atoms with Gasteiger partial charge in [-0.25, -0.2) is 9.97 Å². The number of aliphatic hydroxyl groups is 2. The Morgan fingerprint density at radius 2 is 1.82 bits per heavy atom. The zero-order valence-corrected chi connectivity index (χ0v) is 30.5. The van der Waals surface area contributed by atoms with E-state index in [2.05, 4.69) is 27.9 Å². The van der Waals surface area contributed by atoms with Crippen molar-refractivity contribution in [1.29, 1.82) is 5.26 Å². The van der Waals surface area contributed by atoms with Crippen LogP contribution in [0.5, 0.6) is 0 Å². The number of carbonyl (C=O) groups excluding carboxylic acids is 3. The maximum absolute atomic E-state index is 13.3. The smallest absolute Gasteiger partial charge is 0.308 e. The van der Waals surface area contributed by atoms with Gasteiger partial charge in [0.1, 0.15) is 43.5 Å². The predicted molar refractivity (Wildman–Crippen MR) is 186 cm³/mol. The third-order valence-corrected chi connectivity index (χ3v) is 9.50. The molecule has 51 heavy (non-hydrogen) atoms. The summed E-state index contributed by atoms with van der Waals surface area (Å²) in [5.74, 6) is 2.30. The predicted octanol–water partition coefficient (Wildman–Crippen LogP) is 2.80. The van der Waals surface area contributed by atoms with Gasteiger partial charge in [-0.15, -0.1) is 0 Å². The highest BCUT2D eigenvalue weighted by Crippen LogP contribution is 2.35. The fourth-order valence-corrected chi connectivity index (χ4v) is 6.61. The number of aldehydes is 1. The number of hydrogen-bond acceptors (Lipinski definition) is 13. The van der Waals surface area contributed by atoms with Crippen LogP contribution in [0.3, 0.4) is 0 Å². The molecular formula is C38H52N4O9. The number of aromatic nitrogens is 2. The van der Waals surface area contributed by atoms with Gasteiger partial charge in [-0.05, 0) is 52.8 Å². The first kappa shape index (κ1) is 41.6. The Balaban J connectivity index is 1.93. The van der Waals surface area contributed by atoms with Crippen molar-refractivity contribution >= 4 is 18.0 Å². The van der Waals surface area contributed by atoms with E-state index in [-0.39, 0.29) is 25.2 Å². The molecule has 2 N–H and O–H groups in total. The Morgan fingerprint density at radius 3 is 2.45 bits per heavy atom. The quantitative estimate of drug-likeness (QED) is 0.229. The Kier molecular flexibility index (Phi) is 16.5. The van der Waals surface area contributed by atoms with Gasteiger partial charge in [0, 0.05) is 30.7 Å². The number of esters is 1. The summed E-state index contributed by atoms with van der Waals surface area (Å²) in [7, 11) is 3.59. The first-order chi connectivity index (χ1) is 24.3. The number of rotatable bonds is 8. The number of cyclic esters (lactones) is 1. The second-order valence-electron chi connectivity index (χ2n) is 13.6. The molecule has 0 unspecified atom stereocenters. The highest BCUT2D eigenvalue weighted by atomic mass is 16.7. The molecule has 0 saturated carbocycles. The van der Waals surface area contributed by atoms with Crippen molar-refractivity contribution in [2.45, 2.75) is 109 Å². The third-order valence-electron chi connectivity index (χ3n) is 9.50. The van der Waals surface area contributed by atoms with Crippen LogP contribution >= 0.6 is 0 Å². The van der Waals surface area contributed by atoms with E-state index in [0.717, 1.165) is 6.29 Å². The maximum atomic E-state index is 13.3. The monoisotopic (exact) mass is 708 g/mol. The van der Waals surface area contributed by atoms with Gasteiger partial charge >= 0.3 is 5.97 Å². The first-order valence-corrected chi connectivity index (χ1v) is 17.4. The largest absolute Gasteiger partial charge is 0.461 e. The molecule has 278 valence electrons. The Bertz CT molecular complexity index is 1470. The molecule has 1 aromatic rings. The topological polar surface area (TPSA) is 181 Å². The molecule has 0 amide bonds. The van der Waals surface area contributed by atoms with Crippen LogP contribution in [0.4, 0.5) is 0 Å². The van der Waals surface area contributed by atoms with Crippen molar-refractivity contribution in [3.8, 4) is 17.9 Å². The lowest BCUT2D eigenvalue weighted by atomic mass is 9.79. The summed E-state index contributed by atoms with van der Waals surface area (Å²) in [5, 5.41) is 32.9. The van der Waals surface area contributed by atoms with E-state index in [1.54, 1.807) is 73.3 Å². The number of ketones is 1. The van der Waals surface area contributed by atoms with E-state index in [1.165, 1.54) is 12.4 Å². The maximum Gasteiger partial charge on any atom is 0.308 e. The SMILES string of the molecule is CC[C@H]1OC(=O)C[C@@H](O)[C@H](C)[C@@H](O[C@@H]2O[C@H](C)[C@@H](OCC#Cc3cncnc3)[C@H](N(C)C)[C@H]2O)[C@@H](CC=O)C[C@@H](C)C(=O)/C=C/C(C)=C/[C@@H]1C#N. The molecule has 1 fully saturated rings. The molecule has 0 bridgehead atoms. The van der Waals surface area contributed by atoms with Crippen molar-refractivity contribution < 1.29 is 43.5 Å². The third kappa shape index (κ3) is 11.9. The van der Waals surface area contributed by atoms with Crippen LogP contribution in [0.25, 0.3) is 0 Å². The van der Waals surface area contributed by atoms with Gasteiger partial charge in [0.05, 0.1) is 42.4 Å². The van der Waals surface area contributed by atoms with Gasteiger partial charge in [-0.1, -0.05) is 50.3 Å². The average molecular weight is 709 g/mol. The minimum Gasteiger partial charge on any atom is -0.461 e. The van der Waals surface area contributed by atoms with Crippen molar-refractivity contribution in [3.05, 3.63) is 48.1 Å². The van der Waals surface area contributed by atoms with Gasteiger partial charge in [-0.2, -0.15) is 5.26 Å². The van der Waals surface area contributed by atoms with Gasteiger partial charge in [-0.3, -0.25) is 9.59 Å². The first-order valence-electron chi connectivity index (χ1n) is 17.4. The normalized spacial score (nSPS) is 35.7. The van der Waals surface area contributed by atoms with Crippen molar-refractivity contribution in [1.82, 2.24) is 14.9 Å². The summed E-state index contributed by atoms with van der Waals surface area (Å²) in [4.78, 5) is 48.1. The summed E-state index contributed by atoms with van der Waals surface area (Å²) in [6.07, 6.45) is 3.52. The van der Waals surface area contributed by atoms with Crippen molar-refractivity contribution in [3.63, 3.8) is 0 Å². The van der Waals surface area contributed by atoms with Gasteiger partial charge in [0.15, 0.2) is 12.1 Å². The molecule has 0 aromatic carbocycles. The van der Waals surface area contributed by atoms with Gasteiger partial charge in [0.25, 0.3) is 0 Å². The van der Waals surface area contributed by atoms with Crippen LogP contribution in [0.15, 0.2) is 42.5 Å². The van der Waals surface area contributed by atoms with E-state index in [9.17, 15) is 29.9 Å². The summed E-state index contributed by atoms with van der Waals surface area (Å²) >= 11 is 0. The number of aliphatic hydroxyl groups excluding tert-OH is 2. The second-order valence-corrected chi connectivity index (χ2v) is 13.6. The Morgan fingerprint density at radius 1 is 1.12 bits per heavy atom. The fraction of sp³-hybridized carbons (Fsp3) is 0.632. The standard InChI is InChI=1S/C38H52N4O9/c1-8-32-29(19-39)16-23(2)11-12-30(44)24(3)17-28(13-14-43)36(25(4)31(45)18-33(46)50-32)51-38-35(47)34(42(6)7)37(26(5)49-38)48-15-9-10-27-20-40-22-41-21-27/h11-12,14,16,20-22,24-26,28-29,31-32,34-38,45,47H,8,13,15,17-18H2,1-7H3/b12-11+,23-16+/t24-,25+,26-,28+,29-,31-,32-,34-,35-,36-,37-,38+/m1/s1. The summed E-state index contributed by atoms with van der Waals surface area (Å²) in [6, 6.07) is 1.56. The molecule has 1 saturated heterocycles. The number of hydrogen-bond donors (Lipinski definition) is 2. The van der Waals surface area contributed by atoms with E-state index < -0.39 is 85.0 Å². The zero-order valence-electron chi connectivity index (χ0n) is 30.5. The van der Waals surface area contributed by atoms with Crippen molar-refractivity contribution in [2.75, 3.05) is 20.7 Å². The molecule has 0 aliphatic carbocycles. The molecule has 13 nitrogen and oxygen atoms in total. The summed E-state index contributed by atoms with van der Waals surface area (Å²) in [6.45, 7) is 8.81. The van der Waals surface area contributed by atoms with E-state index >= 15 is 0 Å². The van der Waals surface area contributed by atoms with E-state index in [1.807, 2.05) is 4.90 Å². The number of allylic oxidation sites excluding steroid dienone is 3. The lowest BCUT2D eigenvalue weighted by molar-refractivity contribution is -0.307. The lowest BCUT2D eigenvalue weighted by Gasteiger charge is -2.47. The Labute approximate surface area is 301 Å². The van der Waals surface area contributed by atoms with Gasteiger partial charge < -0.3 is 38.9 Å². The van der Waals surface area contributed by atoms with Crippen LogP contribution in [0, 0.1) is 46.8 Å². The van der Waals surface area contributed by atoms with Crippen LogP contribution in [-0.4, -0.2) is 113 Å². The number of nitrogens with zero attached hydrogens (tertiary/aromatic N) is 4. The molecule has 13 heteroatoms. The zero-order chi connectivity index (χ0) is 37.7. The molecule has 1 aromatic heterocycles. The number of nitriles is 1. The molecule has 0 radical (unpaired) electrons. The molecule has 3 rings (SSSR count). The minimum absolute atomic E-state index is 0.0134. The lowest BCUT2D eigenvalue weighted by Crippen LogP contribution is -2.64. The van der Waals surface area contributed by atoms with Crippen LogP contribution in [0.1, 0.15) is 65.9 Å². The highest BCUT2D eigenvalue weighted by molar-refractivity contribution is 5.91. The molecule has 2 aliphatic rings. The Hall–Kier alpha value is -3.82.